The number of carbonyl (C=O) groups excluding carboxylic acids is 2. The maximum atomic E-state index is 16.2. The second-order valence-corrected chi connectivity index (χ2v) is 13.9. The van der Waals surface area contributed by atoms with Crippen LogP contribution in [0.15, 0.2) is 89.2 Å². The van der Waals surface area contributed by atoms with E-state index in [1.165, 1.54) is 18.5 Å². The number of anilines is 2. The number of benzene rings is 3. The Labute approximate surface area is 307 Å². The number of carbonyl (C=O) groups is 2. The van der Waals surface area contributed by atoms with Crippen molar-refractivity contribution in [2.75, 3.05) is 19.4 Å². The number of aliphatic hydroxyl groups excluding tert-OH is 1. The number of rotatable bonds is 9. The first kappa shape index (κ1) is 34.5. The highest BCUT2D eigenvalue weighted by atomic mass is 35.5. The highest BCUT2D eigenvalue weighted by molar-refractivity contribution is 6.29. The molecule has 1 saturated carbocycles. The third kappa shape index (κ3) is 5.81. The Balaban J connectivity index is 1.23. The van der Waals surface area contributed by atoms with Gasteiger partial charge in [-0.3, -0.25) is 14.5 Å². The fourth-order valence-corrected chi connectivity index (χ4v) is 7.92. The van der Waals surface area contributed by atoms with Gasteiger partial charge in [0.25, 0.3) is 5.88 Å². The van der Waals surface area contributed by atoms with Crippen LogP contribution >= 0.6 is 11.6 Å². The standard InChI is InChI=1S/C39H33ClFN5O7/c1-46(2)32-24-14-22-13-23-25(41)15-26(44-28-16-27(40)42-19-43-28)34(51-17-20-9-5-3-6-10-20)30(23)33(47)29(22)36(48)39(24,50)37(49)31-35(32)53-45-38(31)52-18-21-11-7-4-8-12-21/h3-12,15-16,19,22,24,32,47,50H,13-14,17-18H2,1-2H3,(H,42,43,44)/t22-,24-,32-,39-/m0/s1. The van der Waals surface area contributed by atoms with Crippen molar-refractivity contribution >= 4 is 40.4 Å². The summed E-state index contributed by atoms with van der Waals surface area (Å²) in [6, 6.07) is 20.3. The molecule has 0 amide bonds. The molecule has 0 unspecified atom stereocenters. The van der Waals surface area contributed by atoms with Crippen molar-refractivity contribution in [1.82, 2.24) is 20.0 Å². The Morgan fingerprint density at radius 3 is 2.32 bits per heavy atom. The maximum Gasteiger partial charge on any atom is 0.265 e. The van der Waals surface area contributed by atoms with Gasteiger partial charge in [0.05, 0.1) is 17.3 Å². The first-order chi connectivity index (χ1) is 25.6. The lowest BCUT2D eigenvalue weighted by Gasteiger charge is -2.49. The van der Waals surface area contributed by atoms with Crippen LogP contribution in [0.5, 0.6) is 11.6 Å². The number of nitrogens with zero attached hydrogens (tertiary/aromatic N) is 4. The van der Waals surface area contributed by atoms with E-state index in [1.807, 2.05) is 60.7 Å². The Kier molecular flexibility index (Phi) is 8.72. The van der Waals surface area contributed by atoms with Gasteiger partial charge in [-0.05, 0) is 49.1 Å². The predicted octanol–water partition coefficient (Wildman–Crippen LogP) is 6.42. The Morgan fingerprint density at radius 2 is 1.66 bits per heavy atom. The minimum atomic E-state index is -2.63. The largest absolute Gasteiger partial charge is 0.507 e. The molecule has 270 valence electrons. The number of nitrogens with one attached hydrogen (secondary N) is 1. The Hall–Kier alpha value is -5.63. The molecule has 1 fully saturated rings. The van der Waals surface area contributed by atoms with Gasteiger partial charge in [0.1, 0.15) is 47.7 Å². The molecule has 0 bridgehead atoms. The van der Waals surface area contributed by atoms with Gasteiger partial charge in [-0.2, -0.15) is 0 Å². The fourth-order valence-electron chi connectivity index (χ4n) is 7.77. The van der Waals surface area contributed by atoms with Crippen LogP contribution in [0.1, 0.15) is 50.8 Å². The van der Waals surface area contributed by atoms with Crippen LogP contribution in [0.3, 0.4) is 0 Å². The van der Waals surface area contributed by atoms with Gasteiger partial charge in [0.15, 0.2) is 17.1 Å². The highest BCUT2D eigenvalue weighted by Crippen LogP contribution is 2.56. The molecule has 53 heavy (non-hydrogen) atoms. The summed E-state index contributed by atoms with van der Waals surface area (Å²) < 4.78 is 34.2. The van der Waals surface area contributed by atoms with Crippen LogP contribution < -0.4 is 14.8 Å². The summed E-state index contributed by atoms with van der Waals surface area (Å²) >= 11 is 6.09. The number of aliphatic hydroxyl groups is 2. The molecule has 12 nitrogen and oxygen atoms in total. The number of fused-ring (bicyclic) bond motifs is 4. The van der Waals surface area contributed by atoms with Crippen molar-refractivity contribution in [3.05, 3.63) is 129 Å². The molecule has 3 aliphatic carbocycles. The lowest BCUT2D eigenvalue weighted by molar-refractivity contribution is -0.142. The van der Waals surface area contributed by atoms with Crippen molar-refractivity contribution in [3.8, 4) is 11.6 Å². The van der Waals surface area contributed by atoms with E-state index in [1.54, 1.807) is 19.0 Å². The van der Waals surface area contributed by atoms with Gasteiger partial charge in [-0.1, -0.05) is 72.3 Å². The van der Waals surface area contributed by atoms with Gasteiger partial charge in [-0.15, -0.1) is 0 Å². The van der Waals surface area contributed by atoms with Crippen LogP contribution in [0, 0.1) is 17.7 Å². The topological polar surface area (TPSA) is 160 Å². The second-order valence-electron chi connectivity index (χ2n) is 13.6. The number of aromatic nitrogens is 3. The lowest BCUT2D eigenvalue weighted by atomic mass is 9.57. The SMILES string of the molecule is CN(C)[C@@H]1c2onc(OCc3ccccc3)c2C(=O)[C@@]2(O)C(=O)C3=C(O)c4c(c(F)cc(Nc5cc(Cl)ncn5)c4OCc4ccccc4)C[C@H]3C[C@@H]12. The van der Waals surface area contributed by atoms with E-state index < -0.39 is 46.6 Å². The lowest BCUT2D eigenvalue weighted by Crippen LogP contribution is -2.63. The van der Waals surface area contributed by atoms with Crippen LogP contribution in [0.4, 0.5) is 15.9 Å². The van der Waals surface area contributed by atoms with Gasteiger partial charge >= 0.3 is 0 Å². The predicted molar refractivity (Wildman–Crippen MR) is 190 cm³/mol. The molecule has 0 saturated heterocycles. The zero-order chi connectivity index (χ0) is 37.0. The zero-order valence-electron chi connectivity index (χ0n) is 28.5. The van der Waals surface area contributed by atoms with Gasteiger partial charge < -0.3 is 29.5 Å². The maximum absolute atomic E-state index is 16.2. The van der Waals surface area contributed by atoms with E-state index >= 15 is 4.39 Å². The van der Waals surface area contributed by atoms with Crippen molar-refractivity contribution in [3.63, 3.8) is 0 Å². The summed E-state index contributed by atoms with van der Waals surface area (Å²) in [5.74, 6) is -4.74. The molecule has 0 aliphatic heterocycles. The minimum Gasteiger partial charge on any atom is -0.507 e. The van der Waals surface area contributed by atoms with Crippen LogP contribution in [-0.2, 0) is 24.4 Å². The van der Waals surface area contributed by atoms with Crippen LogP contribution in [0.2, 0.25) is 5.15 Å². The number of hydrogen-bond acceptors (Lipinski definition) is 12. The van der Waals surface area contributed by atoms with Crippen molar-refractivity contribution in [2.24, 2.45) is 11.8 Å². The monoisotopic (exact) mass is 737 g/mol. The summed E-state index contributed by atoms with van der Waals surface area (Å²) in [6.07, 6.45) is 1.24. The van der Waals surface area contributed by atoms with Crippen LogP contribution in [0.25, 0.3) is 5.76 Å². The molecule has 5 aromatic rings. The molecular weight excluding hydrogens is 705 g/mol. The number of Topliss-reactive ketones (excluding diaryl/α,β-unsaturated/α-hetero) is 2. The smallest absolute Gasteiger partial charge is 0.265 e. The van der Waals surface area contributed by atoms with Gasteiger partial charge in [0.2, 0.25) is 11.6 Å². The van der Waals surface area contributed by atoms with E-state index in [0.29, 0.717) is 0 Å². The second kappa shape index (κ2) is 13.4. The summed E-state index contributed by atoms with van der Waals surface area (Å²) in [4.78, 5) is 39.0. The third-order valence-corrected chi connectivity index (χ3v) is 10.4. The van der Waals surface area contributed by atoms with Crippen molar-refractivity contribution < 1.29 is 38.2 Å². The van der Waals surface area contributed by atoms with Gasteiger partial charge in [0, 0.05) is 29.2 Å². The molecule has 2 heterocycles. The van der Waals surface area contributed by atoms with E-state index in [2.05, 4.69) is 20.4 Å². The molecule has 14 heteroatoms. The molecule has 4 atom stereocenters. The average Bonchev–Trinajstić information content (AvgIpc) is 3.56. The van der Waals surface area contributed by atoms with Crippen LogP contribution in [-0.4, -0.2) is 61.5 Å². The van der Waals surface area contributed by atoms with Crippen molar-refractivity contribution in [2.45, 2.75) is 37.7 Å². The molecule has 3 aliphatic rings. The molecule has 3 N–H and O–H groups in total. The number of hydrogen-bond donors (Lipinski definition) is 3. The van der Waals surface area contributed by atoms with E-state index in [9.17, 15) is 19.8 Å². The van der Waals surface area contributed by atoms with E-state index in [4.69, 9.17) is 25.6 Å². The van der Waals surface area contributed by atoms with Gasteiger partial charge in [-0.25, -0.2) is 14.4 Å². The van der Waals surface area contributed by atoms with E-state index in [-0.39, 0.29) is 82.4 Å². The average molecular weight is 738 g/mol. The molecule has 2 aromatic heterocycles. The summed E-state index contributed by atoms with van der Waals surface area (Å²) in [5, 5.41) is 31.7. The Morgan fingerprint density at radius 1 is 0.981 bits per heavy atom. The minimum absolute atomic E-state index is 0.0230. The normalized spacial score (nSPS) is 21.8. The summed E-state index contributed by atoms with van der Waals surface area (Å²) in [7, 11) is 3.47. The highest BCUT2D eigenvalue weighted by Gasteiger charge is 2.65. The molecule has 0 radical (unpaired) electrons. The fraction of sp³-hybridized carbons (Fsp3) is 0.256. The third-order valence-electron chi connectivity index (χ3n) is 10.2. The van der Waals surface area contributed by atoms with E-state index in [0.717, 1.165) is 11.1 Å². The number of halogens is 2. The number of ketones is 2. The molecule has 0 spiro atoms. The molecular formula is C39H33ClFN5O7. The number of ether oxygens (including phenoxy) is 2. The summed E-state index contributed by atoms with van der Waals surface area (Å²) in [6.45, 7) is 0.0738. The quantitative estimate of drug-likeness (QED) is 0.113. The molecule has 3 aromatic carbocycles. The van der Waals surface area contributed by atoms with Crippen molar-refractivity contribution in [1.29, 1.82) is 0 Å². The Bertz CT molecular complexity index is 2280. The summed E-state index contributed by atoms with van der Waals surface area (Å²) in [5.41, 5.74) is -1.25. The first-order valence-corrected chi connectivity index (χ1v) is 17.3. The first-order valence-electron chi connectivity index (χ1n) is 16.9. The zero-order valence-corrected chi connectivity index (χ0v) is 29.3. The molecule has 8 rings (SSSR count).